The van der Waals surface area contributed by atoms with Gasteiger partial charge in [0.15, 0.2) is 5.76 Å². The van der Waals surface area contributed by atoms with Crippen LogP contribution >= 0.6 is 23.4 Å². The quantitative estimate of drug-likeness (QED) is 0.569. The molecule has 1 aliphatic rings. The van der Waals surface area contributed by atoms with Crippen LogP contribution in [0.2, 0.25) is 5.02 Å². The van der Waals surface area contributed by atoms with Gasteiger partial charge in [0.2, 0.25) is 17.5 Å². The van der Waals surface area contributed by atoms with Crippen molar-refractivity contribution in [3.63, 3.8) is 0 Å². The van der Waals surface area contributed by atoms with Gasteiger partial charge in [0.25, 0.3) is 5.89 Å². The van der Waals surface area contributed by atoms with Crippen molar-refractivity contribution in [2.75, 3.05) is 36.8 Å². The number of hydrogen-bond acceptors (Lipinski definition) is 8. The van der Waals surface area contributed by atoms with Crippen LogP contribution in [0.4, 0.5) is 5.88 Å². The van der Waals surface area contributed by atoms with Gasteiger partial charge in [-0.05, 0) is 24.3 Å². The highest BCUT2D eigenvalue weighted by Gasteiger charge is 2.27. The van der Waals surface area contributed by atoms with E-state index in [1.54, 1.807) is 35.4 Å². The molecule has 4 rings (SSSR count). The standard InChI is InChI=1S/C19H16ClN5O3S/c20-13-3-4-16(22-11-13)29-12-17(26)24-5-7-25(8-6-24)19-14(10-21)23-18(28-19)15-2-1-9-27-15/h1-4,9,11H,5-8,12H2. The molecule has 4 heterocycles. The fraction of sp³-hybridized carbons (Fsp3) is 0.263. The van der Waals surface area contributed by atoms with Crippen LogP contribution in [-0.2, 0) is 4.79 Å². The number of carbonyl (C=O) groups is 1. The Hall–Kier alpha value is -2.96. The summed E-state index contributed by atoms with van der Waals surface area (Å²) in [6, 6.07) is 9.06. The number of thioether (sulfide) groups is 1. The Kier molecular flexibility index (Phi) is 5.74. The average molecular weight is 430 g/mol. The van der Waals surface area contributed by atoms with Crippen LogP contribution in [0.1, 0.15) is 5.69 Å². The smallest absolute Gasteiger partial charge is 0.266 e. The van der Waals surface area contributed by atoms with Crippen molar-refractivity contribution in [3.8, 4) is 17.7 Å². The zero-order chi connectivity index (χ0) is 20.2. The molecule has 8 nitrogen and oxygen atoms in total. The molecule has 0 aliphatic carbocycles. The molecule has 1 fully saturated rings. The first-order valence-corrected chi connectivity index (χ1v) is 10.2. The second-order valence-corrected chi connectivity index (χ2v) is 7.67. The highest BCUT2D eigenvalue weighted by Crippen LogP contribution is 2.29. The summed E-state index contributed by atoms with van der Waals surface area (Å²) in [7, 11) is 0. The number of nitriles is 1. The molecule has 0 N–H and O–H groups in total. The van der Waals surface area contributed by atoms with Crippen LogP contribution in [0.5, 0.6) is 0 Å². The summed E-state index contributed by atoms with van der Waals surface area (Å²) in [6.07, 6.45) is 3.08. The Balaban J connectivity index is 1.35. The first-order valence-electron chi connectivity index (χ1n) is 8.86. The zero-order valence-electron chi connectivity index (χ0n) is 15.2. The number of amides is 1. The van der Waals surface area contributed by atoms with Crippen molar-refractivity contribution in [1.29, 1.82) is 5.26 Å². The molecule has 0 saturated carbocycles. The fourth-order valence-electron chi connectivity index (χ4n) is 2.94. The maximum Gasteiger partial charge on any atom is 0.266 e. The van der Waals surface area contributed by atoms with Crippen LogP contribution < -0.4 is 4.90 Å². The lowest BCUT2D eigenvalue weighted by molar-refractivity contribution is -0.128. The van der Waals surface area contributed by atoms with E-state index in [9.17, 15) is 10.1 Å². The number of oxazole rings is 1. The molecule has 1 amide bonds. The molecule has 0 atom stereocenters. The summed E-state index contributed by atoms with van der Waals surface area (Å²) < 4.78 is 11.1. The number of furan rings is 1. The second kappa shape index (κ2) is 8.59. The molecule has 0 spiro atoms. The Labute approximate surface area is 176 Å². The second-order valence-electron chi connectivity index (χ2n) is 6.23. The van der Waals surface area contributed by atoms with Gasteiger partial charge in [-0.2, -0.15) is 10.2 Å². The van der Waals surface area contributed by atoms with Gasteiger partial charge in [0, 0.05) is 32.4 Å². The number of piperazine rings is 1. The number of halogens is 1. The molecule has 0 unspecified atom stereocenters. The van der Waals surface area contributed by atoms with Crippen molar-refractivity contribution >= 4 is 35.2 Å². The van der Waals surface area contributed by atoms with Gasteiger partial charge in [-0.1, -0.05) is 23.4 Å². The molecule has 148 valence electrons. The molecule has 1 saturated heterocycles. The maximum absolute atomic E-state index is 12.5. The minimum Gasteiger partial charge on any atom is -0.459 e. The summed E-state index contributed by atoms with van der Waals surface area (Å²) >= 11 is 7.20. The minimum absolute atomic E-state index is 0.0424. The average Bonchev–Trinajstić information content (AvgIpc) is 3.43. The number of nitrogens with zero attached hydrogens (tertiary/aromatic N) is 5. The van der Waals surface area contributed by atoms with Crippen LogP contribution in [0.25, 0.3) is 11.7 Å². The molecular formula is C19H16ClN5O3S. The van der Waals surface area contributed by atoms with E-state index in [1.807, 2.05) is 4.90 Å². The van der Waals surface area contributed by atoms with Gasteiger partial charge in [-0.3, -0.25) is 4.79 Å². The van der Waals surface area contributed by atoms with E-state index in [0.717, 1.165) is 5.03 Å². The van der Waals surface area contributed by atoms with Crippen LogP contribution in [0.15, 0.2) is 50.6 Å². The molecule has 0 radical (unpaired) electrons. The van der Waals surface area contributed by atoms with Crippen molar-refractivity contribution in [3.05, 3.63) is 47.4 Å². The first-order chi connectivity index (χ1) is 14.1. The number of rotatable bonds is 5. The number of carbonyl (C=O) groups excluding carboxylic acids is 1. The van der Waals surface area contributed by atoms with E-state index in [2.05, 4.69) is 16.0 Å². The summed E-state index contributed by atoms with van der Waals surface area (Å²) in [5.74, 6) is 1.50. The van der Waals surface area contributed by atoms with E-state index in [4.69, 9.17) is 20.4 Å². The Morgan fingerprint density at radius 1 is 1.28 bits per heavy atom. The Morgan fingerprint density at radius 3 is 2.76 bits per heavy atom. The van der Waals surface area contributed by atoms with Gasteiger partial charge in [0.05, 0.1) is 22.1 Å². The maximum atomic E-state index is 12.5. The van der Waals surface area contributed by atoms with Crippen LogP contribution in [0.3, 0.4) is 0 Å². The summed E-state index contributed by atoms with van der Waals surface area (Å²) in [6.45, 7) is 2.18. The SMILES string of the molecule is N#Cc1nc(-c2ccco2)oc1N1CCN(C(=O)CSc2ccc(Cl)cn2)CC1. The van der Waals surface area contributed by atoms with E-state index >= 15 is 0 Å². The lowest BCUT2D eigenvalue weighted by Crippen LogP contribution is -2.49. The van der Waals surface area contributed by atoms with E-state index in [1.165, 1.54) is 18.0 Å². The third kappa shape index (κ3) is 4.39. The Bertz CT molecular complexity index is 1020. The molecule has 1 aliphatic heterocycles. The number of pyridine rings is 1. The van der Waals surface area contributed by atoms with Crippen molar-refractivity contribution in [2.45, 2.75) is 5.03 Å². The third-order valence-corrected chi connectivity index (χ3v) is 5.56. The lowest BCUT2D eigenvalue weighted by Gasteiger charge is -2.34. The van der Waals surface area contributed by atoms with Crippen molar-refractivity contribution in [1.82, 2.24) is 14.9 Å². The zero-order valence-corrected chi connectivity index (χ0v) is 16.8. The normalized spacial score (nSPS) is 14.1. The van der Waals surface area contributed by atoms with Gasteiger partial charge in [0.1, 0.15) is 6.07 Å². The number of aromatic nitrogens is 2. The van der Waals surface area contributed by atoms with Crippen LogP contribution in [-0.4, -0.2) is 52.7 Å². The molecule has 3 aromatic rings. The largest absolute Gasteiger partial charge is 0.459 e. The third-order valence-electron chi connectivity index (χ3n) is 4.41. The first kappa shape index (κ1) is 19.4. The molecule has 0 aromatic carbocycles. The molecule has 3 aromatic heterocycles. The van der Waals surface area contributed by atoms with Crippen molar-refractivity contribution in [2.24, 2.45) is 0 Å². The highest BCUT2D eigenvalue weighted by molar-refractivity contribution is 7.99. The Morgan fingerprint density at radius 2 is 2.10 bits per heavy atom. The van der Waals surface area contributed by atoms with Crippen molar-refractivity contribution < 1.29 is 13.6 Å². The predicted molar refractivity (Wildman–Crippen MR) is 108 cm³/mol. The molecule has 0 bridgehead atoms. The fourth-order valence-corrected chi connectivity index (χ4v) is 3.80. The van der Waals surface area contributed by atoms with Gasteiger partial charge in [-0.15, -0.1) is 0 Å². The summed E-state index contributed by atoms with van der Waals surface area (Å²) in [5, 5.41) is 10.7. The summed E-state index contributed by atoms with van der Waals surface area (Å²) in [5.41, 5.74) is 0.209. The predicted octanol–water partition coefficient (Wildman–Crippen LogP) is 3.30. The molecular weight excluding hydrogens is 414 g/mol. The monoisotopic (exact) mass is 429 g/mol. The van der Waals surface area contributed by atoms with E-state index in [0.29, 0.717) is 48.6 Å². The van der Waals surface area contributed by atoms with E-state index < -0.39 is 0 Å². The van der Waals surface area contributed by atoms with Gasteiger partial charge >= 0.3 is 0 Å². The molecule has 29 heavy (non-hydrogen) atoms. The van der Waals surface area contributed by atoms with Crippen LogP contribution in [0, 0.1) is 11.3 Å². The number of hydrogen-bond donors (Lipinski definition) is 0. The topological polar surface area (TPSA) is 99.4 Å². The van der Waals surface area contributed by atoms with Gasteiger partial charge in [-0.25, -0.2) is 4.98 Å². The minimum atomic E-state index is 0.0424. The lowest BCUT2D eigenvalue weighted by atomic mass is 10.3. The van der Waals surface area contributed by atoms with E-state index in [-0.39, 0.29) is 17.5 Å². The summed E-state index contributed by atoms with van der Waals surface area (Å²) in [4.78, 5) is 24.6. The highest BCUT2D eigenvalue weighted by atomic mass is 35.5. The molecule has 10 heteroatoms. The number of anilines is 1. The van der Waals surface area contributed by atoms with Gasteiger partial charge < -0.3 is 18.6 Å².